The van der Waals surface area contributed by atoms with Crippen LogP contribution in [0.1, 0.15) is 6.42 Å². The maximum absolute atomic E-state index is 13.1. The Morgan fingerprint density at radius 1 is 1.06 bits per heavy atom. The summed E-state index contributed by atoms with van der Waals surface area (Å²) < 4.78 is 28.5. The normalized spacial score (nSPS) is 20.2. The molecule has 4 heterocycles. The highest BCUT2D eigenvalue weighted by molar-refractivity contribution is 7.89. The number of amides is 1. The molecule has 2 aliphatic rings. The average Bonchev–Trinajstić information content (AvgIpc) is 3.49. The minimum atomic E-state index is -3.62. The molecule has 5 rings (SSSR count). The van der Waals surface area contributed by atoms with Crippen molar-refractivity contribution in [2.45, 2.75) is 11.3 Å². The second kappa shape index (κ2) is 8.18. The smallest absolute Gasteiger partial charge is 0.246 e. The fourth-order valence-corrected chi connectivity index (χ4v) is 6.10. The number of benzene rings is 1. The van der Waals surface area contributed by atoms with Gasteiger partial charge in [-0.1, -0.05) is 18.2 Å². The molecular weight excluding hydrogens is 428 g/mol. The molecule has 1 unspecified atom stereocenters. The lowest BCUT2D eigenvalue weighted by Gasteiger charge is -2.37. The van der Waals surface area contributed by atoms with Gasteiger partial charge < -0.3 is 9.80 Å². The van der Waals surface area contributed by atoms with Crippen molar-refractivity contribution in [3.63, 3.8) is 0 Å². The van der Waals surface area contributed by atoms with E-state index < -0.39 is 10.0 Å². The summed E-state index contributed by atoms with van der Waals surface area (Å²) in [5.74, 6) is -0.247. The third-order valence-corrected chi connectivity index (χ3v) is 8.20. The highest BCUT2D eigenvalue weighted by Crippen LogP contribution is 2.28. The van der Waals surface area contributed by atoms with Gasteiger partial charge >= 0.3 is 0 Å². The highest BCUT2D eigenvalue weighted by Gasteiger charge is 2.38. The van der Waals surface area contributed by atoms with Crippen molar-refractivity contribution in [1.29, 1.82) is 0 Å². The first-order chi connectivity index (χ1) is 15.4. The fourth-order valence-electron chi connectivity index (χ4n) is 4.61. The Morgan fingerprint density at radius 2 is 1.84 bits per heavy atom. The molecule has 0 aliphatic carbocycles. The Kier molecular flexibility index (Phi) is 5.34. The number of rotatable bonds is 4. The van der Waals surface area contributed by atoms with Gasteiger partial charge in [0.1, 0.15) is 4.90 Å². The number of aryl methyl sites for hydroxylation is 1. The van der Waals surface area contributed by atoms with Crippen molar-refractivity contribution in [2.24, 2.45) is 13.0 Å². The van der Waals surface area contributed by atoms with Gasteiger partial charge in [0.2, 0.25) is 15.9 Å². The van der Waals surface area contributed by atoms with Crippen LogP contribution in [0.2, 0.25) is 0 Å². The zero-order chi connectivity index (χ0) is 22.3. The number of aromatic nitrogens is 3. The third-order valence-electron chi connectivity index (χ3n) is 6.38. The van der Waals surface area contributed by atoms with Crippen molar-refractivity contribution in [3.8, 4) is 0 Å². The van der Waals surface area contributed by atoms with Crippen LogP contribution in [-0.4, -0.2) is 77.6 Å². The number of sulfonamides is 1. The van der Waals surface area contributed by atoms with Crippen molar-refractivity contribution in [1.82, 2.24) is 24.0 Å². The van der Waals surface area contributed by atoms with Crippen LogP contribution in [0.4, 0.5) is 5.69 Å². The predicted octanol–water partition coefficient (Wildman–Crippen LogP) is 1.33. The molecule has 0 radical (unpaired) electrons. The maximum atomic E-state index is 13.1. The molecule has 3 aromatic rings. The topological polar surface area (TPSA) is 91.6 Å². The monoisotopic (exact) mass is 454 g/mol. The molecule has 2 aliphatic heterocycles. The Balaban J connectivity index is 1.22. The molecule has 0 bridgehead atoms. The van der Waals surface area contributed by atoms with E-state index in [2.05, 4.69) is 21.0 Å². The van der Waals surface area contributed by atoms with Crippen LogP contribution in [0, 0.1) is 5.92 Å². The van der Waals surface area contributed by atoms with Gasteiger partial charge in [-0.3, -0.25) is 14.5 Å². The van der Waals surface area contributed by atoms with E-state index in [4.69, 9.17) is 0 Å². The molecule has 2 saturated heterocycles. The van der Waals surface area contributed by atoms with E-state index in [-0.39, 0.29) is 23.3 Å². The minimum Gasteiger partial charge on any atom is -0.367 e. The van der Waals surface area contributed by atoms with Gasteiger partial charge in [0.25, 0.3) is 0 Å². The van der Waals surface area contributed by atoms with Crippen molar-refractivity contribution >= 4 is 32.5 Å². The average molecular weight is 455 g/mol. The van der Waals surface area contributed by atoms with E-state index in [0.717, 1.165) is 29.7 Å². The standard InChI is InChI=1S/C22H26N6O3S/c1-25-16-18(14-24-25)32(30,31)28-9-7-17(15-28)22(29)27-12-10-26(11-13-27)21-6-8-23-20-5-3-2-4-19(20)21/h2-6,8,14,16-17H,7,9-13,15H2,1H3. The Labute approximate surface area is 187 Å². The van der Waals surface area contributed by atoms with Gasteiger partial charge in [0, 0.05) is 69.8 Å². The van der Waals surface area contributed by atoms with Gasteiger partial charge in [0.15, 0.2) is 0 Å². The molecule has 0 N–H and O–H groups in total. The van der Waals surface area contributed by atoms with Gasteiger partial charge in [0.05, 0.1) is 17.6 Å². The summed E-state index contributed by atoms with van der Waals surface area (Å²) in [6.45, 7) is 3.32. The molecule has 2 aromatic heterocycles. The summed E-state index contributed by atoms with van der Waals surface area (Å²) >= 11 is 0. The summed E-state index contributed by atoms with van der Waals surface area (Å²) in [4.78, 5) is 21.9. The van der Waals surface area contributed by atoms with E-state index in [1.165, 1.54) is 21.4 Å². The summed E-state index contributed by atoms with van der Waals surface area (Å²) in [6.07, 6.45) is 5.22. The van der Waals surface area contributed by atoms with Crippen molar-refractivity contribution < 1.29 is 13.2 Å². The lowest BCUT2D eigenvalue weighted by atomic mass is 10.1. The number of hydrogen-bond acceptors (Lipinski definition) is 6. The molecule has 1 atom stereocenters. The number of carbonyl (C=O) groups excluding carboxylic acids is 1. The Morgan fingerprint density at radius 3 is 2.59 bits per heavy atom. The predicted molar refractivity (Wildman–Crippen MR) is 121 cm³/mol. The van der Waals surface area contributed by atoms with E-state index in [9.17, 15) is 13.2 Å². The number of fused-ring (bicyclic) bond motifs is 1. The molecule has 32 heavy (non-hydrogen) atoms. The van der Waals surface area contributed by atoms with Crippen molar-refractivity contribution in [2.75, 3.05) is 44.2 Å². The molecule has 2 fully saturated rings. The molecule has 1 aromatic carbocycles. The van der Waals surface area contributed by atoms with Gasteiger partial charge in [-0.05, 0) is 18.6 Å². The quantitative estimate of drug-likeness (QED) is 0.591. The zero-order valence-corrected chi connectivity index (χ0v) is 18.8. The summed E-state index contributed by atoms with van der Waals surface area (Å²) in [7, 11) is -1.93. The number of carbonyl (C=O) groups is 1. The van der Waals surface area contributed by atoms with E-state index in [1.807, 2.05) is 35.4 Å². The molecular formula is C22H26N6O3S. The van der Waals surface area contributed by atoms with Gasteiger partial charge in [-0.2, -0.15) is 9.40 Å². The Bertz CT molecular complexity index is 1240. The second-order valence-electron chi connectivity index (χ2n) is 8.36. The van der Waals surface area contributed by atoms with E-state index >= 15 is 0 Å². The van der Waals surface area contributed by atoms with Crippen LogP contribution in [0.5, 0.6) is 0 Å². The van der Waals surface area contributed by atoms with Crippen LogP contribution in [0.25, 0.3) is 10.9 Å². The summed E-state index contributed by atoms with van der Waals surface area (Å²) in [5.41, 5.74) is 2.10. The van der Waals surface area contributed by atoms with Crippen LogP contribution in [0.3, 0.4) is 0 Å². The number of para-hydroxylation sites is 1. The zero-order valence-electron chi connectivity index (χ0n) is 18.0. The first-order valence-corrected chi connectivity index (χ1v) is 12.2. The van der Waals surface area contributed by atoms with Crippen LogP contribution in [0.15, 0.2) is 53.8 Å². The third kappa shape index (κ3) is 3.73. The molecule has 0 spiro atoms. The first kappa shape index (κ1) is 20.9. The molecule has 1 amide bonds. The van der Waals surface area contributed by atoms with Crippen LogP contribution in [-0.2, 0) is 21.9 Å². The number of nitrogens with zero attached hydrogens (tertiary/aromatic N) is 6. The Hall–Kier alpha value is -2.98. The van der Waals surface area contributed by atoms with Gasteiger partial charge in [-0.25, -0.2) is 8.42 Å². The van der Waals surface area contributed by atoms with E-state index in [1.54, 1.807) is 7.05 Å². The fraction of sp³-hybridized carbons (Fsp3) is 0.409. The van der Waals surface area contributed by atoms with E-state index in [0.29, 0.717) is 26.1 Å². The molecule has 10 heteroatoms. The largest absolute Gasteiger partial charge is 0.367 e. The number of pyridine rings is 1. The number of piperazine rings is 1. The SMILES string of the molecule is Cn1cc(S(=O)(=O)N2CCC(C(=O)N3CCN(c4ccnc5ccccc45)CC3)C2)cn1. The molecule has 0 saturated carbocycles. The minimum absolute atomic E-state index is 0.0492. The summed E-state index contributed by atoms with van der Waals surface area (Å²) in [5, 5.41) is 5.07. The maximum Gasteiger partial charge on any atom is 0.246 e. The summed E-state index contributed by atoms with van der Waals surface area (Å²) in [6, 6.07) is 10.1. The highest BCUT2D eigenvalue weighted by atomic mass is 32.2. The lowest BCUT2D eigenvalue weighted by molar-refractivity contribution is -0.135. The number of anilines is 1. The molecule has 9 nitrogen and oxygen atoms in total. The van der Waals surface area contributed by atoms with Crippen LogP contribution >= 0.6 is 0 Å². The molecule has 168 valence electrons. The number of hydrogen-bond donors (Lipinski definition) is 0. The van der Waals surface area contributed by atoms with Gasteiger partial charge in [-0.15, -0.1) is 0 Å². The van der Waals surface area contributed by atoms with Crippen molar-refractivity contribution in [3.05, 3.63) is 48.9 Å². The van der Waals surface area contributed by atoms with Crippen LogP contribution < -0.4 is 4.90 Å². The second-order valence-corrected chi connectivity index (χ2v) is 10.3. The lowest BCUT2D eigenvalue weighted by Crippen LogP contribution is -2.50. The first-order valence-electron chi connectivity index (χ1n) is 10.8.